The van der Waals surface area contributed by atoms with Crippen molar-refractivity contribution in [1.82, 2.24) is 5.32 Å². The summed E-state index contributed by atoms with van der Waals surface area (Å²) < 4.78 is 9.82. The number of benzene rings is 1. The zero-order valence-corrected chi connectivity index (χ0v) is 11.6. The van der Waals surface area contributed by atoms with E-state index < -0.39 is 12.1 Å². The van der Waals surface area contributed by atoms with Gasteiger partial charge in [0.15, 0.2) is 6.10 Å². The minimum absolute atomic E-state index is 0.0389. The largest absolute Gasteiger partial charge is 0.497 e. The predicted octanol–water partition coefficient (Wildman–Crippen LogP) is 0.844. The molecule has 2 N–H and O–H groups in total. The van der Waals surface area contributed by atoms with Gasteiger partial charge in [0.25, 0.3) is 0 Å². The van der Waals surface area contributed by atoms with Gasteiger partial charge in [-0.3, -0.25) is 4.79 Å². The molecular weight excluding hydrogens is 262 g/mol. The molecule has 1 aromatic rings. The highest BCUT2D eigenvalue weighted by Gasteiger charge is 2.16. The standard InChI is InChI=1S/C14H19NO5/c1-19-11-5-3-4-10(8-11)6-7-13(16)15-9-12(20-2)14(17)18/h3-5,8,12H,6-7,9H2,1-2H3,(H,15,16)(H,17,18). The van der Waals surface area contributed by atoms with Gasteiger partial charge in [-0.05, 0) is 24.1 Å². The molecule has 6 heteroatoms. The fourth-order valence-corrected chi connectivity index (χ4v) is 1.65. The Morgan fingerprint density at radius 1 is 1.35 bits per heavy atom. The van der Waals surface area contributed by atoms with Gasteiger partial charge in [-0.25, -0.2) is 4.79 Å². The van der Waals surface area contributed by atoms with Gasteiger partial charge in [-0.2, -0.15) is 0 Å². The first-order chi connectivity index (χ1) is 9.56. The highest BCUT2D eigenvalue weighted by molar-refractivity contribution is 5.78. The molecule has 110 valence electrons. The van der Waals surface area contributed by atoms with Crippen molar-refractivity contribution >= 4 is 11.9 Å². The molecule has 1 rings (SSSR count). The van der Waals surface area contributed by atoms with Gasteiger partial charge < -0.3 is 19.9 Å². The van der Waals surface area contributed by atoms with Gasteiger partial charge in [-0.15, -0.1) is 0 Å². The molecule has 0 aliphatic rings. The Balaban J connectivity index is 2.37. The van der Waals surface area contributed by atoms with Gasteiger partial charge in [0.05, 0.1) is 13.7 Å². The number of amides is 1. The lowest BCUT2D eigenvalue weighted by Crippen LogP contribution is -2.37. The van der Waals surface area contributed by atoms with Crippen LogP contribution in [0, 0.1) is 0 Å². The Morgan fingerprint density at radius 2 is 2.10 bits per heavy atom. The van der Waals surface area contributed by atoms with E-state index in [1.54, 1.807) is 7.11 Å². The number of hydrogen-bond acceptors (Lipinski definition) is 4. The Hall–Kier alpha value is -2.08. The fraction of sp³-hybridized carbons (Fsp3) is 0.429. The maximum Gasteiger partial charge on any atom is 0.334 e. The number of rotatable bonds is 8. The number of methoxy groups -OCH3 is 2. The molecule has 0 spiro atoms. The van der Waals surface area contributed by atoms with Gasteiger partial charge in [-0.1, -0.05) is 12.1 Å². The third-order valence-corrected chi connectivity index (χ3v) is 2.82. The maximum absolute atomic E-state index is 11.6. The molecule has 0 fully saturated rings. The van der Waals surface area contributed by atoms with E-state index in [4.69, 9.17) is 14.6 Å². The van der Waals surface area contributed by atoms with Crippen LogP contribution < -0.4 is 10.1 Å². The second-order valence-corrected chi connectivity index (χ2v) is 4.22. The first-order valence-electron chi connectivity index (χ1n) is 6.22. The van der Waals surface area contributed by atoms with E-state index in [0.29, 0.717) is 6.42 Å². The van der Waals surface area contributed by atoms with E-state index in [9.17, 15) is 9.59 Å². The molecule has 0 aromatic heterocycles. The highest BCUT2D eigenvalue weighted by atomic mass is 16.5. The molecule has 20 heavy (non-hydrogen) atoms. The van der Waals surface area contributed by atoms with Gasteiger partial charge in [0.2, 0.25) is 5.91 Å². The molecule has 6 nitrogen and oxygen atoms in total. The number of ether oxygens (including phenoxy) is 2. The summed E-state index contributed by atoms with van der Waals surface area (Å²) in [5.74, 6) is -0.565. The summed E-state index contributed by atoms with van der Waals surface area (Å²) in [6, 6.07) is 7.46. The van der Waals surface area contributed by atoms with Crippen LogP contribution in [0.3, 0.4) is 0 Å². The summed E-state index contributed by atoms with van der Waals surface area (Å²) in [6.45, 7) is -0.0389. The van der Waals surface area contributed by atoms with Crippen LogP contribution in [-0.2, 0) is 20.7 Å². The Kier molecular flexibility index (Phi) is 6.52. The summed E-state index contributed by atoms with van der Waals surface area (Å²) in [7, 11) is 2.88. The molecule has 1 aromatic carbocycles. The minimum Gasteiger partial charge on any atom is -0.497 e. The monoisotopic (exact) mass is 281 g/mol. The molecular formula is C14H19NO5. The second-order valence-electron chi connectivity index (χ2n) is 4.22. The number of carbonyl (C=O) groups is 2. The lowest BCUT2D eigenvalue weighted by atomic mass is 10.1. The number of carbonyl (C=O) groups excluding carboxylic acids is 1. The third kappa shape index (κ3) is 5.27. The summed E-state index contributed by atoms with van der Waals surface area (Å²) in [5, 5.41) is 11.3. The van der Waals surface area contributed by atoms with Crippen LogP contribution in [-0.4, -0.2) is 43.9 Å². The minimum atomic E-state index is -1.10. The normalized spacial score (nSPS) is 11.7. The van der Waals surface area contributed by atoms with Crippen LogP contribution in [0.2, 0.25) is 0 Å². The topological polar surface area (TPSA) is 84.9 Å². The second kappa shape index (κ2) is 8.16. The fourth-order valence-electron chi connectivity index (χ4n) is 1.65. The molecule has 0 bridgehead atoms. The lowest BCUT2D eigenvalue weighted by molar-refractivity contribution is -0.148. The number of aryl methyl sites for hydroxylation is 1. The van der Waals surface area contributed by atoms with Crippen molar-refractivity contribution < 1.29 is 24.2 Å². The van der Waals surface area contributed by atoms with Gasteiger partial charge in [0.1, 0.15) is 5.75 Å². The molecule has 0 heterocycles. The van der Waals surface area contributed by atoms with Crippen molar-refractivity contribution in [2.75, 3.05) is 20.8 Å². The molecule has 1 amide bonds. The average molecular weight is 281 g/mol. The van der Waals surface area contributed by atoms with Crippen molar-refractivity contribution in [3.63, 3.8) is 0 Å². The lowest BCUT2D eigenvalue weighted by Gasteiger charge is -2.11. The van der Waals surface area contributed by atoms with Crippen LogP contribution in [0.1, 0.15) is 12.0 Å². The smallest absolute Gasteiger partial charge is 0.334 e. The van der Waals surface area contributed by atoms with Crippen molar-refractivity contribution in [3.05, 3.63) is 29.8 Å². The number of carboxylic acids is 1. The van der Waals surface area contributed by atoms with Crippen molar-refractivity contribution in [1.29, 1.82) is 0 Å². The summed E-state index contributed by atoms with van der Waals surface area (Å²) in [4.78, 5) is 22.3. The highest BCUT2D eigenvalue weighted by Crippen LogP contribution is 2.13. The van der Waals surface area contributed by atoms with Crippen molar-refractivity contribution in [2.24, 2.45) is 0 Å². The van der Waals surface area contributed by atoms with E-state index in [-0.39, 0.29) is 18.9 Å². The zero-order valence-electron chi connectivity index (χ0n) is 11.6. The maximum atomic E-state index is 11.6. The molecule has 0 saturated heterocycles. The van der Waals surface area contributed by atoms with Crippen LogP contribution in [0.5, 0.6) is 5.75 Å². The Morgan fingerprint density at radius 3 is 2.70 bits per heavy atom. The third-order valence-electron chi connectivity index (χ3n) is 2.82. The summed E-state index contributed by atoms with van der Waals surface area (Å²) in [6.07, 6.45) is -0.174. The SMILES string of the molecule is COc1cccc(CCC(=O)NCC(OC)C(=O)O)c1. The number of nitrogens with one attached hydrogen (secondary N) is 1. The van der Waals surface area contributed by atoms with E-state index in [1.807, 2.05) is 24.3 Å². The Labute approximate surface area is 117 Å². The number of hydrogen-bond donors (Lipinski definition) is 2. The molecule has 0 aliphatic carbocycles. The van der Waals surface area contributed by atoms with Crippen molar-refractivity contribution in [3.8, 4) is 5.75 Å². The van der Waals surface area contributed by atoms with E-state index in [0.717, 1.165) is 11.3 Å². The molecule has 0 saturated carbocycles. The molecule has 0 aliphatic heterocycles. The number of aliphatic carboxylic acids is 1. The van der Waals surface area contributed by atoms with Gasteiger partial charge >= 0.3 is 5.97 Å². The average Bonchev–Trinajstić information content (AvgIpc) is 2.45. The summed E-state index contributed by atoms with van der Waals surface area (Å²) in [5.41, 5.74) is 0.987. The molecule has 1 unspecified atom stereocenters. The molecule has 0 radical (unpaired) electrons. The van der Waals surface area contributed by atoms with Crippen LogP contribution >= 0.6 is 0 Å². The Bertz CT molecular complexity index is 461. The van der Waals surface area contributed by atoms with Crippen molar-refractivity contribution in [2.45, 2.75) is 18.9 Å². The van der Waals surface area contributed by atoms with Crippen LogP contribution in [0.15, 0.2) is 24.3 Å². The quantitative estimate of drug-likeness (QED) is 0.737. The zero-order chi connectivity index (χ0) is 15.0. The van der Waals surface area contributed by atoms with E-state index in [2.05, 4.69) is 5.32 Å². The first-order valence-corrected chi connectivity index (χ1v) is 6.22. The van der Waals surface area contributed by atoms with Crippen LogP contribution in [0.4, 0.5) is 0 Å². The first kappa shape index (κ1) is 16.0. The molecule has 1 atom stereocenters. The summed E-state index contributed by atoms with van der Waals surface area (Å²) >= 11 is 0. The predicted molar refractivity (Wildman–Crippen MR) is 72.8 cm³/mol. The van der Waals surface area contributed by atoms with Gasteiger partial charge in [0, 0.05) is 13.5 Å². The van der Waals surface area contributed by atoms with Crippen LogP contribution in [0.25, 0.3) is 0 Å². The number of carboxylic acid groups (broad SMARTS) is 1. The van der Waals surface area contributed by atoms with E-state index >= 15 is 0 Å². The van der Waals surface area contributed by atoms with E-state index in [1.165, 1.54) is 7.11 Å².